The number of amides is 1. The Bertz CT molecular complexity index is 614. The smallest absolute Gasteiger partial charge is 0.225 e. The highest BCUT2D eigenvalue weighted by Gasteiger charge is 2.05. The van der Waals surface area contributed by atoms with Crippen molar-refractivity contribution in [1.82, 2.24) is 9.97 Å². The van der Waals surface area contributed by atoms with E-state index < -0.39 is 0 Å². The van der Waals surface area contributed by atoms with Gasteiger partial charge in [-0.15, -0.1) is 0 Å². The summed E-state index contributed by atoms with van der Waals surface area (Å²) in [4.78, 5) is 19.6. The molecule has 0 aliphatic heterocycles. The first-order valence-corrected chi connectivity index (χ1v) is 7.17. The fourth-order valence-corrected chi connectivity index (χ4v) is 2.15. The number of anilines is 2. The van der Waals surface area contributed by atoms with Crippen molar-refractivity contribution in [1.29, 1.82) is 0 Å². The van der Waals surface area contributed by atoms with Crippen LogP contribution in [0.4, 0.5) is 11.8 Å². The summed E-state index contributed by atoms with van der Waals surface area (Å²) in [6.07, 6.45) is 3.20. The van der Waals surface area contributed by atoms with Crippen LogP contribution < -0.4 is 16.4 Å². The monoisotopic (exact) mass is 287 g/mol. The highest BCUT2D eigenvalue weighted by molar-refractivity contribution is 5.89. The van der Waals surface area contributed by atoms with Crippen LogP contribution in [0.1, 0.15) is 25.7 Å². The molecule has 0 saturated carbocycles. The predicted molar refractivity (Wildman–Crippen MR) is 85.2 cm³/mol. The lowest BCUT2D eigenvalue weighted by Gasteiger charge is -2.09. The van der Waals surface area contributed by atoms with Crippen LogP contribution in [0.3, 0.4) is 0 Å². The van der Waals surface area contributed by atoms with E-state index in [4.69, 9.17) is 5.73 Å². The SMILES string of the molecule is CNc1nc(NCCCCCC(N)=O)nc2ccccc12. The van der Waals surface area contributed by atoms with Crippen molar-refractivity contribution in [3.63, 3.8) is 0 Å². The van der Waals surface area contributed by atoms with Crippen LogP contribution in [-0.4, -0.2) is 29.5 Å². The first kappa shape index (κ1) is 15.0. The highest BCUT2D eigenvalue weighted by atomic mass is 16.1. The molecule has 4 N–H and O–H groups in total. The van der Waals surface area contributed by atoms with Crippen molar-refractivity contribution in [3.05, 3.63) is 24.3 Å². The van der Waals surface area contributed by atoms with Crippen LogP contribution in [-0.2, 0) is 4.79 Å². The quantitative estimate of drug-likeness (QED) is 0.647. The van der Waals surface area contributed by atoms with Gasteiger partial charge in [-0.05, 0) is 25.0 Å². The molecule has 0 aliphatic rings. The first-order valence-electron chi connectivity index (χ1n) is 7.17. The summed E-state index contributed by atoms with van der Waals surface area (Å²) in [5.41, 5.74) is 6.01. The van der Waals surface area contributed by atoms with Crippen LogP contribution in [0, 0.1) is 0 Å². The maximum Gasteiger partial charge on any atom is 0.225 e. The zero-order valence-corrected chi connectivity index (χ0v) is 12.2. The lowest BCUT2D eigenvalue weighted by atomic mass is 10.2. The maximum atomic E-state index is 10.6. The molecule has 6 nitrogen and oxygen atoms in total. The molecule has 21 heavy (non-hydrogen) atoms. The zero-order chi connectivity index (χ0) is 15.1. The van der Waals surface area contributed by atoms with Crippen molar-refractivity contribution in [2.45, 2.75) is 25.7 Å². The minimum atomic E-state index is -0.237. The van der Waals surface area contributed by atoms with Gasteiger partial charge in [0.2, 0.25) is 11.9 Å². The third-order valence-corrected chi connectivity index (χ3v) is 3.22. The minimum absolute atomic E-state index is 0.237. The summed E-state index contributed by atoms with van der Waals surface area (Å²) < 4.78 is 0. The Balaban J connectivity index is 1.91. The zero-order valence-electron chi connectivity index (χ0n) is 12.2. The van der Waals surface area contributed by atoms with E-state index in [0.29, 0.717) is 12.4 Å². The van der Waals surface area contributed by atoms with Crippen molar-refractivity contribution < 1.29 is 4.79 Å². The molecule has 0 atom stereocenters. The predicted octanol–water partition coefficient (Wildman–Crippen LogP) is 2.13. The number of aromatic nitrogens is 2. The standard InChI is InChI=1S/C15H21N5O/c1-17-14-11-7-4-5-8-12(11)19-15(20-14)18-10-6-2-3-9-13(16)21/h4-5,7-8H,2-3,6,9-10H2,1H3,(H2,16,21)(H2,17,18,19,20). The second kappa shape index (κ2) is 7.42. The van der Waals surface area contributed by atoms with E-state index in [2.05, 4.69) is 20.6 Å². The molecule has 2 aromatic rings. The summed E-state index contributed by atoms with van der Waals surface area (Å²) in [5, 5.41) is 7.32. The van der Waals surface area contributed by atoms with Crippen LogP contribution >= 0.6 is 0 Å². The number of rotatable bonds is 8. The molecule has 1 aromatic heterocycles. The first-order chi connectivity index (χ1) is 10.2. The van der Waals surface area contributed by atoms with Crippen molar-refractivity contribution >= 4 is 28.6 Å². The molecule has 0 saturated heterocycles. The van der Waals surface area contributed by atoms with E-state index >= 15 is 0 Å². The van der Waals surface area contributed by atoms with Gasteiger partial charge in [0, 0.05) is 25.4 Å². The molecule has 0 aliphatic carbocycles. The molecule has 0 fully saturated rings. The number of unbranched alkanes of at least 4 members (excludes halogenated alkanes) is 2. The van der Waals surface area contributed by atoms with Gasteiger partial charge >= 0.3 is 0 Å². The van der Waals surface area contributed by atoms with E-state index in [0.717, 1.165) is 42.5 Å². The molecule has 6 heteroatoms. The van der Waals surface area contributed by atoms with Gasteiger partial charge in [-0.2, -0.15) is 4.98 Å². The lowest BCUT2D eigenvalue weighted by Crippen LogP contribution is -2.10. The number of hydrogen-bond acceptors (Lipinski definition) is 5. The Kier molecular flexibility index (Phi) is 5.31. The van der Waals surface area contributed by atoms with Crippen LogP contribution in [0.2, 0.25) is 0 Å². The number of para-hydroxylation sites is 1. The number of carbonyl (C=O) groups excluding carboxylic acids is 1. The van der Waals surface area contributed by atoms with Gasteiger partial charge < -0.3 is 16.4 Å². The maximum absolute atomic E-state index is 10.6. The number of hydrogen-bond donors (Lipinski definition) is 3. The molecular weight excluding hydrogens is 266 g/mol. The Morgan fingerprint density at radius 2 is 2.00 bits per heavy atom. The van der Waals surface area contributed by atoms with Gasteiger partial charge in [-0.3, -0.25) is 4.79 Å². The number of fused-ring (bicyclic) bond motifs is 1. The third-order valence-electron chi connectivity index (χ3n) is 3.22. The fourth-order valence-electron chi connectivity index (χ4n) is 2.15. The third kappa shape index (κ3) is 4.30. The number of nitrogens with one attached hydrogen (secondary N) is 2. The van der Waals surface area contributed by atoms with Crippen molar-refractivity contribution in [2.24, 2.45) is 5.73 Å². The van der Waals surface area contributed by atoms with Gasteiger partial charge in [0.25, 0.3) is 0 Å². The highest BCUT2D eigenvalue weighted by Crippen LogP contribution is 2.21. The average molecular weight is 287 g/mol. The number of primary amides is 1. The van der Waals surface area contributed by atoms with E-state index in [1.54, 1.807) is 0 Å². The summed E-state index contributed by atoms with van der Waals surface area (Å²) in [6, 6.07) is 7.89. The average Bonchev–Trinajstić information content (AvgIpc) is 2.49. The van der Waals surface area contributed by atoms with E-state index in [1.165, 1.54) is 0 Å². The van der Waals surface area contributed by atoms with Gasteiger partial charge in [0.15, 0.2) is 0 Å². The Morgan fingerprint density at radius 3 is 2.76 bits per heavy atom. The van der Waals surface area contributed by atoms with Crippen molar-refractivity contribution in [3.8, 4) is 0 Å². The van der Waals surface area contributed by atoms with E-state index in [9.17, 15) is 4.79 Å². The Hall–Kier alpha value is -2.37. The Labute approximate surface area is 124 Å². The fraction of sp³-hybridized carbons (Fsp3) is 0.400. The van der Waals surface area contributed by atoms with E-state index in [-0.39, 0.29) is 5.91 Å². The molecular formula is C15H21N5O. The lowest BCUT2D eigenvalue weighted by molar-refractivity contribution is -0.118. The molecule has 112 valence electrons. The normalized spacial score (nSPS) is 10.5. The van der Waals surface area contributed by atoms with Crippen LogP contribution in [0.25, 0.3) is 10.9 Å². The van der Waals surface area contributed by atoms with Gasteiger partial charge in [-0.1, -0.05) is 18.6 Å². The largest absolute Gasteiger partial charge is 0.372 e. The van der Waals surface area contributed by atoms with Crippen LogP contribution in [0.15, 0.2) is 24.3 Å². The summed E-state index contributed by atoms with van der Waals surface area (Å²) in [7, 11) is 1.85. The second-order valence-corrected chi connectivity index (χ2v) is 4.87. The number of carbonyl (C=O) groups is 1. The van der Waals surface area contributed by atoms with E-state index in [1.807, 2.05) is 31.3 Å². The van der Waals surface area contributed by atoms with Gasteiger partial charge in [-0.25, -0.2) is 4.98 Å². The Morgan fingerprint density at radius 1 is 1.19 bits per heavy atom. The summed E-state index contributed by atoms with van der Waals surface area (Å²) in [5.74, 6) is 1.20. The summed E-state index contributed by atoms with van der Waals surface area (Å²) >= 11 is 0. The minimum Gasteiger partial charge on any atom is -0.372 e. The molecule has 0 radical (unpaired) electrons. The molecule has 2 rings (SSSR count). The molecule has 0 bridgehead atoms. The molecule has 0 spiro atoms. The van der Waals surface area contributed by atoms with Gasteiger partial charge in [0.1, 0.15) is 5.82 Å². The van der Waals surface area contributed by atoms with Gasteiger partial charge in [0.05, 0.1) is 5.52 Å². The number of nitrogens with two attached hydrogens (primary N) is 1. The summed E-state index contributed by atoms with van der Waals surface area (Å²) in [6.45, 7) is 0.778. The molecule has 1 heterocycles. The molecule has 1 amide bonds. The number of benzene rings is 1. The molecule has 0 unspecified atom stereocenters. The number of nitrogens with zero attached hydrogens (tertiary/aromatic N) is 2. The van der Waals surface area contributed by atoms with Crippen LogP contribution in [0.5, 0.6) is 0 Å². The second-order valence-electron chi connectivity index (χ2n) is 4.87. The van der Waals surface area contributed by atoms with Crippen molar-refractivity contribution in [2.75, 3.05) is 24.2 Å². The topological polar surface area (TPSA) is 92.9 Å². The molecule has 1 aromatic carbocycles.